The third-order valence-corrected chi connectivity index (χ3v) is 9.71. The first-order chi connectivity index (χ1) is 15.5. The molecule has 4 aliphatic rings. The van der Waals surface area contributed by atoms with Gasteiger partial charge in [-0.25, -0.2) is 12.7 Å². The average molecular weight is 468 g/mol. The summed E-state index contributed by atoms with van der Waals surface area (Å²) in [7, 11) is -3.26. The molecule has 1 spiro atoms. The fourth-order valence-corrected chi connectivity index (χ4v) is 7.29. The van der Waals surface area contributed by atoms with Crippen molar-refractivity contribution in [2.75, 3.05) is 31.9 Å². The Labute approximate surface area is 191 Å². The summed E-state index contributed by atoms with van der Waals surface area (Å²) >= 11 is 0. The van der Waals surface area contributed by atoms with E-state index < -0.39 is 10.0 Å². The number of hydrogen-bond donors (Lipinski definition) is 2. The quantitative estimate of drug-likeness (QED) is 0.570. The van der Waals surface area contributed by atoms with Crippen molar-refractivity contribution in [2.45, 2.75) is 70.3 Å². The summed E-state index contributed by atoms with van der Waals surface area (Å²) in [6.45, 7) is 3.15. The molecule has 32 heavy (non-hydrogen) atoms. The predicted molar refractivity (Wildman–Crippen MR) is 122 cm³/mol. The van der Waals surface area contributed by atoms with E-state index in [-0.39, 0.29) is 23.5 Å². The van der Waals surface area contributed by atoms with Gasteiger partial charge in [0, 0.05) is 19.1 Å². The first kappa shape index (κ1) is 23.6. The van der Waals surface area contributed by atoms with Gasteiger partial charge in [0.25, 0.3) is 5.91 Å². The van der Waals surface area contributed by atoms with Crippen LogP contribution in [-0.2, 0) is 24.3 Å². The largest absolute Gasteiger partial charge is 0.465 e. The van der Waals surface area contributed by atoms with E-state index in [1.54, 1.807) is 4.31 Å². The number of piperidine rings is 2. The first-order valence-corrected chi connectivity index (χ1v) is 13.8. The van der Waals surface area contributed by atoms with E-state index in [1.165, 1.54) is 44.5 Å². The maximum absolute atomic E-state index is 13.0. The highest BCUT2D eigenvalue weighted by Gasteiger charge is 2.39. The zero-order valence-electron chi connectivity index (χ0n) is 18.9. The van der Waals surface area contributed by atoms with Gasteiger partial charge in [0.2, 0.25) is 15.8 Å². The van der Waals surface area contributed by atoms with Gasteiger partial charge in [-0.3, -0.25) is 4.79 Å². The van der Waals surface area contributed by atoms with E-state index >= 15 is 0 Å². The SMILES string of the molecule is O=C(NC(CCCS(=O)(=O)N1CCC2(CCCC2)CC1)C1CCNCC1)C1=COC=CO1. The molecule has 180 valence electrons. The molecule has 0 bridgehead atoms. The molecular formula is C23H37N3O5S. The number of hydrogen-bond acceptors (Lipinski definition) is 6. The molecule has 2 N–H and O–H groups in total. The van der Waals surface area contributed by atoms with Crippen LogP contribution in [0, 0.1) is 11.3 Å². The van der Waals surface area contributed by atoms with Crippen LogP contribution in [0.4, 0.5) is 0 Å². The highest BCUT2D eigenvalue weighted by atomic mass is 32.2. The molecule has 8 nitrogen and oxygen atoms in total. The Morgan fingerprint density at radius 2 is 1.88 bits per heavy atom. The van der Waals surface area contributed by atoms with Crippen molar-refractivity contribution in [1.29, 1.82) is 0 Å². The normalized spacial score (nSPS) is 25.1. The zero-order chi connectivity index (χ0) is 22.4. The van der Waals surface area contributed by atoms with Crippen LogP contribution in [0.2, 0.25) is 0 Å². The van der Waals surface area contributed by atoms with Gasteiger partial charge in [0.15, 0.2) is 0 Å². The minimum atomic E-state index is -3.26. The predicted octanol–water partition coefficient (Wildman–Crippen LogP) is 2.60. The number of rotatable bonds is 8. The summed E-state index contributed by atoms with van der Waals surface area (Å²) in [5, 5.41) is 6.42. The Morgan fingerprint density at radius 1 is 1.16 bits per heavy atom. The van der Waals surface area contributed by atoms with Crippen molar-refractivity contribution < 1.29 is 22.7 Å². The number of nitrogens with zero attached hydrogens (tertiary/aromatic N) is 1. The van der Waals surface area contributed by atoms with Gasteiger partial charge >= 0.3 is 0 Å². The third kappa shape index (κ3) is 5.85. The summed E-state index contributed by atoms with van der Waals surface area (Å²) in [5.41, 5.74) is 0.408. The highest BCUT2D eigenvalue weighted by molar-refractivity contribution is 7.89. The lowest BCUT2D eigenvalue weighted by Crippen LogP contribution is -2.46. The lowest BCUT2D eigenvalue weighted by atomic mass is 9.78. The minimum absolute atomic E-state index is 0.0849. The Kier molecular flexibility index (Phi) is 7.78. The molecule has 3 aliphatic heterocycles. The van der Waals surface area contributed by atoms with Crippen molar-refractivity contribution in [3.8, 4) is 0 Å². The summed E-state index contributed by atoms with van der Waals surface area (Å²) in [6, 6.07) is -0.0849. The van der Waals surface area contributed by atoms with Gasteiger partial charge in [0.1, 0.15) is 18.8 Å². The molecule has 3 heterocycles. The van der Waals surface area contributed by atoms with Gasteiger partial charge in [-0.15, -0.1) is 0 Å². The molecular weight excluding hydrogens is 430 g/mol. The number of carbonyl (C=O) groups is 1. The van der Waals surface area contributed by atoms with Gasteiger partial charge in [0.05, 0.1) is 5.75 Å². The summed E-state index contributed by atoms with van der Waals surface area (Å²) in [4.78, 5) is 12.6. The van der Waals surface area contributed by atoms with Gasteiger partial charge < -0.3 is 20.1 Å². The Balaban J connectivity index is 1.30. The van der Waals surface area contributed by atoms with Crippen LogP contribution in [0.3, 0.4) is 0 Å². The molecule has 3 fully saturated rings. The van der Waals surface area contributed by atoms with Gasteiger partial charge in [-0.05, 0) is 75.8 Å². The Bertz CT molecular complexity index is 803. The van der Waals surface area contributed by atoms with Gasteiger partial charge in [-0.2, -0.15) is 0 Å². The number of carbonyl (C=O) groups excluding carboxylic acids is 1. The third-order valence-electron chi connectivity index (χ3n) is 7.76. The highest BCUT2D eigenvalue weighted by Crippen LogP contribution is 2.46. The van der Waals surface area contributed by atoms with Crippen LogP contribution in [0.25, 0.3) is 0 Å². The summed E-state index contributed by atoms with van der Waals surface area (Å²) in [5.74, 6) is 0.259. The lowest BCUT2D eigenvalue weighted by Gasteiger charge is -2.38. The molecule has 1 aliphatic carbocycles. The van der Waals surface area contributed by atoms with E-state index in [9.17, 15) is 13.2 Å². The van der Waals surface area contributed by atoms with Crippen molar-refractivity contribution >= 4 is 15.9 Å². The molecule has 1 amide bonds. The molecule has 0 aromatic carbocycles. The molecule has 2 saturated heterocycles. The van der Waals surface area contributed by atoms with Crippen LogP contribution >= 0.6 is 0 Å². The second-order valence-corrected chi connectivity index (χ2v) is 11.8. The molecule has 0 aromatic rings. The van der Waals surface area contributed by atoms with E-state index in [4.69, 9.17) is 9.47 Å². The molecule has 0 radical (unpaired) electrons. The van der Waals surface area contributed by atoms with Gasteiger partial charge in [-0.1, -0.05) is 12.8 Å². The Hall–Kier alpha value is -1.58. The fraction of sp³-hybridized carbons (Fsp3) is 0.783. The second kappa shape index (κ2) is 10.6. The van der Waals surface area contributed by atoms with Crippen molar-refractivity contribution in [3.05, 3.63) is 24.5 Å². The van der Waals surface area contributed by atoms with E-state index in [1.807, 2.05) is 0 Å². The van der Waals surface area contributed by atoms with E-state index in [2.05, 4.69) is 10.6 Å². The summed E-state index contributed by atoms with van der Waals surface area (Å²) in [6.07, 6.45) is 14.2. The molecule has 0 aromatic heterocycles. The molecule has 1 unspecified atom stereocenters. The van der Waals surface area contributed by atoms with E-state index in [0.717, 1.165) is 38.8 Å². The average Bonchev–Trinajstić information content (AvgIpc) is 3.27. The van der Waals surface area contributed by atoms with Crippen LogP contribution in [0.5, 0.6) is 0 Å². The van der Waals surface area contributed by atoms with Crippen molar-refractivity contribution in [3.63, 3.8) is 0 Å². The minimum Gasteiger partial charge on any atom is -0.465 e. The maximum Gasteiger partial charge on any atom is 0.290 e. The monoisotopic (exact) mass is 467 g/mol. The smallest absolute Gasteiger partial charge is 0.290 e. The summed E-state index contributed by atoms with van der Waals surface area (Å²) < 4.78 is 38.0. The maximum atomic E-state index is 13.0. The topological polar surface area (TPSA) is 97.0 Å². The zero-order valence-corrected chi connectivity index (χ0v) is 19.7. The fourth-order valence-electron chi connectivity index (χ4n) is 5.76. The van der Waals surface area contributed by atoms with Crippen LogP contribution in [0.1, 0.15) is 64.2 Å². The molecule has 1 atom stereocenters. The molecule has 1 saturated carbocycles. The molecule has 4 rings (SSSR count). The number of amides is 1. The van der Waals surface area contributed by atoms with E-state index in [0.29, 0.717) is 37.3 Å². The van der Waals surface area contributed by atoms with Crippen LogP contribution in [-0.4, -0.2) is 56.6 Å². The number of ether oxygens (including phenoxy) is 2. The number of sulfonamides is 1. The molecule has 9 heteroatoms. The van der Waals surface area contributed by atoms with Crippen LogP contribution in [0.15, 0.2) is 24.5 Å². The standard InChI is InChI=1S/C23H37N3O5S/c27-22(21-18-30-15-16-31-21)25-20(19-5-11-24-12-6-19)4-3-17-32(28,29)26-13-9-23(10-14-26)7-1-2-8-23/h15-16,18-20,24H,1-14,17H2,(H,25,27). The van der Waals surface area contributed by atoms with Crippen LogP contribution < -0.4 is 10.6 Å². The Morgan fingerprint density at radius 3 is 2.53 bits per heavy atom. The second-order valence-electron chi connectivity index (χ2n) is 9.74. The van der Waals surface area contributed by atoms with Crippen molar-refractivity contribution in [2.24, 2.45) is 11.3 Å². The number of nitrogens with one attached hydrogen (secondary N) is 2. The van der Waals surface area contributed by atoms with Crippen molar-refractivity contribution in [1.82, 2.24) is 14.9 Å². The lowest BCUT2D eigenvalue weighted by molar-refractivity contribution is -0.121. The first-order valence-electron chi connectivity index (χ1n) is 12.1.